The van der Waals surface area contributed by atoms with Crippen molar-refractivity contribution in [2.75, 3.05) is 0 Å². The highest BCUT2D eigenvalue weighted by Crippen LogP contribution is 2.62. The van der Waals surface area contributed by atoms with E-state index < -0.39 is 29.4 Å². The largest absolute Gasteiger partial charge is 0.481 e. The molecule has 2 aliphatic carbocycles. The SMILES string of the molecule is C[C@@H]1C(NC(=O)c2c(F)ccc3ccn(Cc4ccc(C(F)(F)F)cc4)c23)CC12CC(C(=O)O)C2. The Hall–Kier alpha value is -3.36. The molecule has 5 nitrogen and oxygen atoms in total. The molecule has 0 saturated heterocycles. The predicted molar refractivity (Wildman–Crippen MR) is 120 cm³/mol. The lowest BCUT2D eigenvalue weighted by Crippen LogP contribution is -2.63. The van der Waals surface area contributed by atoms with E-state index >= 15 is 0 Å². The molecule has 2 fully saturated rings. The van der Waals surface area contributed by atoms with Crippen LogP contribution in [0.2, 0.25) is 0 Å². The number of nitrogens with zero attached hydrogens (tertiary/aromatic N) is 1. The zero-order valence-corrected chi connectivity index (χ0v) is 18.9. The first-order valence-corrected chi connectivity index (χ1v) is 11.5. The molecule has 0 bridgehead atoms. The van der Waals surface area contributed by atoms with Gasteiger partial charge in [0.25, 0.3) is 5.91 Å². The third-order valence-corrected chi connectivity index (χ3v) is 7.91. The van der Waals surface area contributed by atoms with E-state index in [2.05, 4.69) is 5.32 Å². The molecule has 2 N–H and O–H groups in total. The number of rotatable bonds is 5. The van der Waals surface area contributed by atoms with Gasteiger partial charge in [-0.3, -0.25) is 9.59 Å². The first-order chi connectivity index (χ1) is 16.5. The normalized spacial score (nSPS) is 25.8. The van der Waals surface area contributed by atoms with Crippen LogP contribution in [0.3, 0.4) is 0 Å². The monoisotopic (exact) mass is 488 g/mol. The molecule has 2 aliphatic rings. The van der Waals surface area contributed by atoms with Crippen LogP contribution in [-0.4, -0.2) is 27.6 Å². The second-order valence-corrected chi connectivity index (χ2v) is 9.88. The van der Waals surface area contributed by atoms with Gasteiger partial charge in [0, 0.05) is 24.2 Å². The summed E-state index contributed by atoms with van der Waals surface area (Å²) in [6.45, 7) is 2.15. The summed E-state index contributed by atoms with van der Waals surface area (Å²) in [6, 6.07) is 9.08. The standard InChI is InChI=1S/C26H24F4N2O3/c1-14-20(12-25(14)10-17(11-25)24(34)35)31-23(33)21-19(27)7-4-16-8-9-32(22(16)21)13-15-2-5-18(6-3-15)26(28,29)30/h2-9,14,17,20H,10-13H2,1H3,(H,31,33)(H,34,35)/t14-,17?,20?,25?/m1/s1. The summed E-state index contributed by atoms with van der Waals surface area (Å²) in [5.74, 6) is -2.28. The van der Waals surface area contributed by atoms with Gasteiger partial charge in [0.2, 0.25) is 0 Å². The lowest BCUT2D eigenvalue weighted by molar-refractivity contribution is -0.164. The Balaban J connectivity index is 1.36. The average molecular weight is 488 g/mol. The molecule has 0 radical (unpaired) electrons. The summed E-state index contributed by atoms with van der Waals surface area (Å²) in [7, 11) is 0. The Morgan fingerprint density at radius 3 is 2.37 bits per heavy atom. The van der Waals surface area contributed by atoms with E-state index in [1.165, 1.54) is 18.2 Å². The van der Waals surface area contributed by atoms with Gasteiger partial charge in [-0.1, -0.05) is 19.1 Å². The maximum Gasteiger partial charge on any atom is 0.416 e. The highest BCUT2D eigenvalue weighted by molar-refractivity contribution is 6.06. The van der Waals surface area contributed by atoms with Gasteiger partial charge in [-0.15, -0.1) is 0 Å². The van der Waals surface area contributed by atoms with E-state index in [1.54, 1.807) is 22.9 Å². The van der Waals surface area contributed by atoms with Crippen molar-refractivity contribution in [3.05, 3.63) is 71.2 Å². The Bertz CT molecular complexity index is 1310. The van der Waals surface area contributed by atoms with Crippen molar-refractivity contribution in [2.45, 2.75) is 44.9 Å². The molecule has 1 amide bonds. The van der Waals surface area contributed by atoms with Crippen LogP contribution in [0, 0.1) is 23.1 Å². The van der Waals surface area contributed by atoms with Gasteiger partial charge >= 0.3 is 12.1 Å². The number of carbonyl (C=O) groups excluding carboxylic acids is 1. The number of carboxylic acid groups (broad SMARTS) is 1. The van der Waals surface area contributed by atoms with Gasteiger partial charge < -0.3 is 15.0 Å². The topological polar surface area (TPSA) is 71.3 Å². The molecule has 1 unspecified atom stereocenters. The van der Waals surface area contributed by atoms with Crippen molar-refractivity contribution in [1.29, 1.82) is 0 Å². The fourth-order valence-corrected chi connectivity index (χ4v) is 5.73. The molecule has 2 atom stereocenters. The fraction of sp³-hybridized carbons (Fsp3) is 0.385. The van der Waals surface area contributed by atoms with Crippen molar-refractivity contribution >= 4 is 22.8 Å². The number of carboxylic acids is 1. The van der Waals surface area contributed by atoms with E-state index in [9.17, 15) is 27.2 Å². The lowest BCUT2D eigenvalue weighted by atomic mass is 9.45. The Morgan fingerprint density at radius 2 is 1.77 bits per heavy atom. The number of benzene rings is 2. The van der Waals surface area contributed by atoms with Gasteiger partial charge in [0.1, 0.15) is 5.82 Å². The minimum atomic E-state index is -4.43. The molecule has 9 heteroatoms. The molecular weight excluding hydrogens is 464 g/mol. The average Bonchev–Trinajstić information content (AvgIpc) is 3.16. The number of hydrogen-bond donors (Lipinski definition) is 2. The second kappa shape index (κ2) is 8.10. The molecule has 2 saturated carbocycles. The zero-order valence-electron chi connectivity index (χ0n) is 18.9. The van der Waals surface area contributed by atoms with Crippen LogP contribution in [0.15, 0.2) is 48.7 Å². The van der Waals surface area contributed by atoms with Gasteiger partial charge in [0.05, 0.1) is 22.6 Å². The van der Waals surface area contributed by atoms with Crippen molar-refractivity contribution in [1.82, 2.24) is 9.88 Å². The van der Waals surface area contributed by atoms with Crippen molar-refractivity contribution in [2.24, 2.45) is 17.3 Å². The van der Waals surface area contributed by atoms with Gasteiger partial charge in [-0.05, 0) is 66.5 Å². The summed E-state index contributed by atoms with van der Waals surface area (Å²) in [6.07, 6.45) is -0.905. The van der Waals surface area contributed by atoms with E-state index in [4.69, 9.17) is 5.11 Å². The van der Waals surface area contributed by atoms with E-state index in [-0.39, 0.29) is 35.4 Å². The Morgan fingerprint density at radius 1 is 1.09 bits per heavy atom. The summed E-state index contributed by atoms with van der Waals surface area (Å²) in [5, 5.41) is 12.7. The maximum absolute atomic E-state index is 14.9. The zero-order chi connectivity index (χ0) is 25.1. The minimum Gasteiger partial charge on any atom is -0.481 e. The first kappa shape index (κ1) is 23.4. The number of alkyl halides is 3. The fourth-order valence-electron chi connectivity index (χ4n) is 5.73. The highest BCUT2D eigenvalue weighted by atomic mass is 19.4. The van der Waals surface area contributed by atoms with Crippen molar-refractivity contribution in [3.63, 3.8) is 0 Å². The number of carbonyl (C=O) groups is 2. The number of aliphatic carboxylic acids is 1. The Labute approximate surface area is 198 Å². The Kier molecular flexibility index (Phi) is 5.41. The number of halogens is 4. The third-order valence-electron chi connectivity index (χ3n) is 7.91. The van der Waals surface area contributed by atoms with Crippen LogP contribution in [0.4, 0.5) is 17.6 Å². The molecule has 35 heavy (non-hydrogen) atoms. The number of nitrogens with one attached hydrogen (secondary N) is 1. The number of hydrogen-bond acceptors (Lipinski definition) is 2. The first-order valence-electron chi connectivity index (χ1n) is 11.5. The van der Waals surface area contributed by atoms with Gasteiger partial charge in [-0.25, -0.2) is 4.39 Å². The van der Waals surface area contributed by atoms with Crippen LogP contribution in [0.25, 0.3) is 10.9 Å². The van der Waals surface area contributed by atoms with Crippen LogP contribution in [0.5, 0.6) is 0 Å². The van der Waals surface area contributed by atoms with Gasteiger partial charge in [0.15, 0.2) is 0 Å². The highest BCUT2D eigenvalue weighted by Gasteiger charge is 2.60. The number of fused-ring (bicyclic) bond motifs is 1. The third kappa shape index (κ3) is 3.96. The van der Waals surface area contributed by atoms with E-state index in [0.717, 1.165) is 12.1 Å². The van der Waals surface area contributed by atoms with Crippen molar-refractivity contribution in [3.8, 4) is 0 Å². The summed E-state index contributed by atoms with van der Waals surface area (Å²) >= 11 is 0. The van der Waals surface area contributed by atoms with Crippen LogP contribution >= 0.6 is 0 Å². The molecule has 2 aromatic carbocycles. The smallest absolute Gasteiger partial charge is 0.416 e. The molecule has 3 aromatic rings. The molecular formula is C26H24F4N2O3. The molecule has 184 valence electrons. The summed E-state index contributed by atoms with van der Waals surface area (Å²) in [4.78, 5) is 24.3. The maximum atomic E-state index is 14.9. The molecule has 1 spiro atoms. The van der Waals surface area contributed by atoms with Crippen LogP contribution < -0.4 is 5.32 Å². The van der Waals surface area contributed by atoms with E-state index in [1.807, 2.05) is 6.92 Å². The molecule has 5 rings (SSSR count). The second-order valence-electron chi connectivity index (χ2n) is 9.88. The molecule has 1 aromatic heterocycles. The van der Waals surface area contributed by atoms with Gasteiger partial charge in [-0.2, -0.15) is 13.2 Å². The summed E-state index contributed by atoms with van der Waals surface area (Å²) in [5.41, 5.74) is 0.0223. The van der Waals surface area contributed by atoms with Crippen LogP contribution in [0.1, 0.15) is 47.7 Å². The van der Waals surface area contributed by atoms with Crippen LogP contribution in [-0.2, 0) is 17.5 Å². The quantitative estimate of drug-likeness (QED) is 0.468. The predicted octanol–water partition coefficient (Wildman–Crippen LogP) is 5.47. The minimum absolute atomic E-state index is 0.0750. The number of amides is 1. The number of aromatic nitrogens is 1. The van der Waals surface area contributed by atoms with E-state index in [0.29, 0.717) is 35.7 Å². The molecule has 1 heterocycles. The van der Waals surface area contributed by atoms with Crippen molar-refractivity contribution < 1.29 is 32.3 Å². The lowest BCUT2D eigenvalue weighted by Gasteiger charge is -2.61. The summed E-state index contributed by atoms with van der Waals surface area (Å²) < 4.78 is 55.2. The molecule has 0 aliphatic heterocycles.